The molecule has 0 radical (unpaired) electrons. The maximum Gasteiger partial charge on any atom is 0.123 e. The third-order valence-corrected chi connectivity index (χ3v) is 3.06. The van der Waals surface area contributed by atoms with Crippen LogP contribution >= 0.6 is 0 Å². The maximum absolute atomic E-state index is 13.2. The first kappa shape index (κ1) is 17.8. The Labute approximate surface area is 115 Å². The first-order valence-corrected chi connectivity index (χ1v) is 6.87. The summed E-state index contributed by atoms with van der Waals surface area (Å²) < 4.78 is 13.2. The van der Waals surface area contributed by atoms with Gasteiger partial charge in [-0.2, -0.15) is 0 Å². The number of unbranched alkanes of at least 4 members (excludes halogenated alkanes) is 2. The van der Waals surface area contributed by atoms with Crippen LogP contribution in [-0.4, -0.2) is 18.0 Å². The zero-order chi connectivity index (χ0) is 14.7. The van der Waals surface area contributed by atoms with E-state index >= 15 is 0 Å². The molecular formula is C16H25FO2. The topological polar surface area (TPSA) is 37.3 Å². The number of carbonyl (C=O) groups excluding carboxylic acids is 1. The van der Waals surface area contributed by atoms with Gasteiger partial charge in [-0.3, -0.25) is 0 Å². The summed E-state index contributed by atoms with van der Waals surface area (Å²) in [5, 5.41) is 9.37. The molecule has 0 aliphatic carbocycles. The van der Waals surface area contributed by atoms with Gasteiger partial charge in [0.2, 0.25) is 0 Å². The van der Waals surface area contributed by atoms with Crippen LogP contribution in [0.1, 0.15) is 56.6 Å². The Bertz CT molecular complexity index is 364. The molecule has 0 aliphatic rings. The number of hydrogen-bond acceptors (Lipinski definition) is 2. The van der Waals surface area contributed by atoms with Crippen molar-refractivity contribution < 1.29 is 14.3 Å². The average Bonchev–Trinajstić information content (AvgIpc) is 2.39. The van der Waals surface area contributed by atoms with Crippen molar-refractivity contribution in [1.29, 1.82) is 0 Å². The number of benzene rings is 1. The number of aldehydes is 1. The van der Waals surface area contributed by atoms with E-state index in [1.54, 1.807) is 12.1 Å². The largest absolute Gasteiger partial charge is 0.396 e. The lowest BCUT2D eigenvalue weighted by Gasteiger charge is -2.17. The molecule has 0 aliphatic heterocycles. The van der Waals surface area contributed by atoms with Gasteiger partial charge >= 0.3 is 0 Å². The minimum absolute atomic E-state index is 0.0854. The fourth-order valence-corrected chi connectivity index (χ4v) is 2.04. The predicted octanol–water partition coefficient (Wildman–Crippen LogP) is 4.00. The van der Waals surface area contributed by atoms with Crippen LogP contribution in [0.25, 0.3) is 0 Å². The second kappa shape index (κ2) is 10.7. The van der Waals surface area contributed by atoms with E-state index in [-0.39, 0.29) is 18.3 Å². The zero-order valence-electron chi connectivity index (χ0n) is 12.2. The Balaban J connectivity index is 0.000000982. The van der Waals surface area contributed by atoms with Crippen LogP contribution in [0.2, 0.25) is 0 Å². The van der Waals surface area contributed by atoms with Gasteiger partial charge in [0.25, 0.3) is 0 Å². The van der Waals surface area contributed by atoms with Crippen molar-refractivity contribution in [1.82, 2.24) is 0 Å². The second-order valence-electron chi connectivity index (χ2n) is 4.61. The Kier molecular flexibility index (Phi) is 9.99. The Morgan fingerprint density at radius 2 is 2.00 bits per heavy atom. The first-order chi connectivity index (χ1) is 9.10. The Morgan fingerprint density at radius 3 is 2.53 bits per heavy atom. The van der Waals surface area contributed by atoms with Gasteiger partial charge in [-0.1, -0.05) is 32.3 Å². The van der Waals surface area contributed by atoms with Crippen molar-refractivity contribution in [2.75, 3.05) is 6.61 Å². The lowest BCUT2D eigenvalue weighted by atomic mass is 9.91. The molecule has 1 aromatic carbocycles. The average molecular weight is 268 g/mol. The molecule has 1 atom stereocenters. The smallest absolute Gasteiger partial charge is 0.123 e. The maximum atomic E-state index is 13.2. The van der Waals surface area contributed by atoms with E-state index in [4.69, 9.17) is 4.79 Å². The molecule has 1 N–H and O–H groups in total. The van der Waals surface area contributed by atoms with Crippen molar-refractivity contribution >= 4 is 6.29 Å². The summed E-state index contributed by atoms with van der Waals surface area (Å²) in [6, 6.07) is 4.81. The Hall–Kier alpha value is -1.22. The summed E-state index contributed by atoms with van der Waals surface area (Å²) >= 11 is 0. The molecule has 2 nitrogen and oxygen atoms in total. The number of aliphatic hydroxyl groups is 1. The number of rotatable bonds is 6. The van der Waals surface area contributed by atoms with Crippen LogP contribution in [0, 0.1) is 12.7 Å². The first-order valence-electron chi connectivity index (χ1n) is 6.87. The van der Waals surface area contributed by atoms with Gasteiger partial charge in [-0.25, -0.2) is 4.39 Å². The highest BCUT2D eigenvalue weighted by Crippen LogP contribution is 2.25. The number of halogens is 1. The molecule has 0 aromatic heterocycles. The molecule has 3 heteroatoms. The Morgan fingerprint density at radius 1 is 1.37 bits per heavy atom. The van der Waals surface area contributed by atoms with Crippen molar-refractivity contribution in [3.05, 3.63) is 35.1 Å². The molecular weight excluding hydrogens is 243 g/mol. The highest BCUT2D eigenvalue weighted by Gasteiger charge is 2.13. The molecule has 0 amide bonds. The summed E-state index contributed by atoms with van der Waals surface area (Å²) in [4.78, 5) is 8.81. The zero-order valence-corrected chi connectivity index (χ0v) is 12.2. The molecule has 0 heterocycles. The number of hydrogen-bond donors (Lipinski definition) is 1. The van der Waals surface area contributed by atoms with E-state index in [0.29, 0.717) is 0 Å². The summed E-state index contributed by atoms with van der Waals surface area (Å²) in [5.41, 5.74) is 2.02. The molecule has 0 spiro atoms. The predicted molar refractivity (Wildman–Crippen MR) is 76.8 cm³/mol. The summed E-state index contributed by atoms with van der Waals surface area (Å²) in [7, 11) is 0. The second-order valence-corrected chi connectivity index (χ2v) is 4.61. The standard InChI is InChI=1S/C14H21FO.C2H4O/c1-3-4-5-6-12(10-16)14-9-13(15)8-7-11(14)2;1-2-3/h7-9,12,16H,3-6,10H2,1-2H3;2H,1H3. The molecule has 108 valence electrons. The fourth-order valence-electron chi connectivity index (χ4n) is 2.04. The van der Waals surface area contributed by atoms with Crippen LogP contribution < -0.4 is 0 Å². The van der Waals surface area contributed by atoms with Crippen LogP contribution in [-0.2, 0) is 4.79 Å². The van der Waals surface area contributed by atoms with Gasteiger partial charge in [-0.15, -0.1) is 0 Å². The lowest BCUT2D eigenvalue weighted by Crippen LogP contribution is -2.06. The van der Waals surface area contributed by atoms with Crippen LogP contribution in [0.15, 0.2) is 18.2 Å². The quantitative estimate of drug-likeness (QED) is 0.625. The van der Waals surface area contributed by atoms with E-state index < -0.39 is 0 Å². The van der Waals surface area contributed by atoms with Gasteiger partial charge in [0, 0.05) is 12.5 Å². The summed E-state index contributed by atoms with van der Waals surface area (Å²) in [5.74, 6) is -0.128. The number of aryl methyl sites for hydroxylation is 1. The highest BCUT2D eigenvalue weighted by molar-refractivity contribution is 5.44. The van der Waals surface area contributed by atoms with Gasteiger partial charge in [0.05, 0.1) is 0 Å². The monoisotopic (exact) mass is 268 g/mol. The molecule has 1 aromatic rings. The third-order valence-electron chi connectivity index (χ3n) is 3.06. The molecule has 19 heavy (non-hydrogen) atoms. The summed E-state index contributed by atoms with van der Waals surface area (Å²) in [6.45, 7) is 5.67. The van der Waals surface area contributed by atoms with Crippen molar-refractivity contribution in [3.63, 3.8) is 0 Å². The SMILES string of the molecule is CC=O.CCCCCC(CO)c1cc(F)ccc1C. The molecule has 1 unspecified atom stereocenters. The van der Waals surface area contributed by atoms with E-state index in [9.17, 15) is 9.50 Å². The van der Waals surface area contributed by atoms with Crippen LogP contribution in [0.4, 0.5) is 4.39 Å². The lowest BCUT2D eigenvalue weighted by molar-refractivity contribution is -0.106. The van der Waals surface area contributed by atoms with E-state index in [1.165, 1.54) is 25.8 Å². The van der Waals surface area contributed by atoms with E-state index in [1.807, 2.05) is 6.92 Å². The molecule has 0 saturated heterocycles. The normalized spacial score (nSPS) is 11.4. The van der Waals surface area contributed by atoms with Crippen LogP contribution in [0.3, 0.4) is 0 Å². The molecule has 0 saturated carbocycles. The molecule has 1 rings (SSSR count). The van der Waals surface area contributed by atoms with Crippen molar-refractivity contribution in [2.45, 2.75) is 52.4 Å². The molecule has 0 fully saturated rings. The van der Waals surface area contributed by atoms with Gasteiger partial charge in [0.1, 0.15) is 12.1 Å². The molecule has 0 bridgehead atoms. The van der Waals surface area contributed by atoms with Crippen molar-refractivity contribution in [2.24, 2.45) is 0 Å². The number of aliphatic hydroxyl groups excluding tert-OH is 1. The van der Waals surface area contributed by atoms with Gasteiger partial charge < -0.3 is 9.90 Å². The van der Waals surface area contributed by atoms with Crippen LogP contribution in [0.5, 0.6) is 0 Å². The highest BCUT2D eigenvalue weighted by atomic mass is 19.1. The number of carbonyl (C=O) groups is 1. The summed E-state index contributed by atoms with van der Waals surface area (Å²) in [6.07, 6.45) is 5.12. The van der Waals surface area contributed by atoms with Gasteiger partial charge in [-0.05, 0) is 43.5 Å². The van der Waals surface area contributed by atoms with Crippen molar-refractivity contribution in [3.8, 4) is 0 Å². The minimum atomic E-state index is -0.213. The fraction of sp³-hybridized carbons (Fsp3) is 0.562. The van der Waals surface area contributed by atoms with E-state index in [2.05, 4.69) is 6.92 Å². The van der Waals surface area contributed by atoms with Gasteiger partial charge in [0.15, 0.2) is 0 Å². The van der Waals surface area contributed by atoms with E-state index in [0.717, 1.165) is 30.3 Å². The third kappa shape index (κ3) is 7.06. The minimum Gasteiger partial charge on any atom is -0.396 e.